The maximum atomic E-state index is 11.3. The molecule has 1 saturated heterocycles. The summed E-state index contributed by atoms with van der Waals surface area (Å²) in [5, 5.41) is 3.19. The molecule has 4 nitrogen and oxygen atoms in total. The molecule has 0 spiro atoms. The molecular weight excluding hydrogens is 226 g/mol. The lowest BCUT2D eigenvalue weighted by atomic mass is 9.97. The predicted molar refractivity (Wildman–Crippen MR) is 61.2 cm³/mol. The highest BCUT2D eigenvalue weighted by molar-refractivity contribution is 7.85. The SMILES string of the molecule is Cc1ccc(S(=O)(=O)O)c(C2CCNC2)c1. The first-order valence-electron chi connectivity index (χ1n) is 5.27. The smallest absolute Gasteiger partial charge is 0.294 e. The normalized spacial score (nSPS) is 21.2. The van der Waals surface area contributed by atoms with E-state index >= 15 is 0 Å². The van der Waals surface area contributed by atoms with Crippen molar-refractivity contribution in [3.63, 3.8) is 0 Å². The van der Waals surface area contributed by atoms with Crippen molar-refractivity contribution in [1.82, 2.24) is 5.32 Å². The second-order valence-corrected chi connectivity index (χ2v) is 5.60. The summed E-state index contributed by atoms with van der Waals surface area (Å²) in [6.45, 7) is 3.58. The van der Waals surface area contributed by atoms with Gasteiger partial charge in [-0.1, -0.05) is 17.7 Å². The molecule has 1 aliphatic rings. The summed E-state index contributed by atoms with van der Waals surface area (Å²) in [6, 6.07) is 5.04. The lowest BCUT2D eigenvalue weighted by Gasteiger charge is -2.13. The van der Waals surface area contributed by atoms with Crippen molar-refractivity contribution in [2.75, 3.05) is 13.1 Å². The minimum atomic E-state index is -4.12. The van der Waals surface area contributed by atoms with Gasteiger partial charge in [0.2, 0.25) is 0 Å². The van der Waals surface area contributed by atoms with Gasteiger partial charge in [-0.3, -0.25) is 4.55 Å². The molecule has 2 N–H and O–H groups in total. The lowest BCUT2D eigenvalue weighted by molar-refractivity contribution is 0.481. The average molecular weight is 241 g/mol. The first kappa shape index (κ1) is 11.6. The topological polar surface area (TPSA) is 66.4 Å². The second kappa shape index (κ2) is 4.16. The number of hydrogen-bond acceptors (Lipinski definition) is 3. The molecule has 1 aliphatic heterocycles. The Hall–Kier alpha value is -0.910. The minimum absolute atomic E-state index is 0.0480. The van der Waals surface area contributed by atoms with Crippen LogP contribution in [0.25, 0.3) is 0 Å². The molecule has 2 rings (SSSR count). The third kappa shape index (κ3) is 2.26. The number of aryl methyl sites for hydroxylation is 1. The lowest BCUT2D eigenvalue weighted by Crippen LogP contribution is -2.11. The van der Waals surface area contributed by atoms with E-state index in [1.807, 2.05) is 13.0 Å². The molecule has 88 valence electrons. The molecule has 0 aromatic heterocycles. The molecule has 1 heterocycles. The van der Waals surface area contributed by atoms with Crippen LogP contribution < -0.4 is 5.32 Å². The van der Waals surface area contributed by atoms with Crippen LogP contribution in [0.4, 0.5) is 0 Å². The van der Waals surface area contributed by atoms with Gasteiger partial charge in [0.25, 0.3) is 10.1 Å². The Kier molecular flexibility index (Phi) is 3.01. The van der Waals surface area contributed by atoms with E-state index in [9.17, 15) is 13.0 Å². The summed E-state index contributed by atoms with van der Waals surface area (Å²) in [7, 11) is -4.12. The molecule has 1 unspecified atom stereocenters. The molecule has 0 amide bonds. The summed E-state index contributed by atoms with van der Waals surface area (Å²) in [4.78, 5) is 0.0480. The van der Waals surface area contributed by atoms with Crippen molar-refractivity contribution in [2.24, 2.45) is 0 Å². The number of hydrogen-bond donors (Lipinski definition) is 2. The van der Waals surface area contributed by atoms with Gasteiger partial charge < -0.3 is 5.32 Å². The zero-order chi connectivity index (χ0) is 11.8. The van der Waals surface area contributed by atoms with E-state index in [0.717, 1.165) is 30.6 Å². The largest absolute Gasteiger partial charge is 0.316 e. The highest BCUT2D eigenvalue weighted by Crippen LogP contribution is 2.29. The van der Waals surface area contributed by atoms with Crippen LogP contribution in [-0.2, 0) is 10.1 Å². The number of rotatable bonds is 2. The van der Waals surface area contributed by atoms with Gasteiger partial charge >= 0.3 is 0 Å². The molecule has 5 heteroatoms. The van der Waals surface area contributed by atoms with Crippen LogP contribution in [0.15, 0.2) is 23.1 Å². The molecule has 1 aromatic carbocycles. The van der Waals surface area contributed by atoms with Gasteiger partial charge in [0, 0.05) is 6.54 Å². The monoisotopic (exact) mass is 241 g/mol. The highest BCUT2D eigenvalue weighted by atomic mass is 32.2. The Balaban J connectivity index is 2.52. The fraction of sp³-hybridized carbons (Fsp3) is 0.455. The van der Waals surface area contributed by atoms with Crippen molar-refractivity contribution in [3.8, 4) is 0 Å². The molecule has 1 fully saturated rings. The molecule has 1 aromatic rings. The fourth-order valence-corrected chi connectivity index (χ4v) is 2.91. The van der Waals surface area contributed by atoms with Gasteiger partial charge in [0.1, 0.15) is 0 Å². The summed E-state index contributed by atoms with van der Waals surface area (Å²) in [5.74, 6) is 0.178. The van der Waals surface area contributed by atoms with Crippen molar-refractivity contribution in [1.29, 1.82) is 0 Å². The van der Waals surface area contributed by atoms with Gasteiger partial charge in [-0.05, 0) is 37.4 Å². The van der Waals surface area contributed by atoms with Crippen LogP contribution in [0.3, 0.4) is 0 Å². The van der Waals surface area contributed by atoms with Crippen molar-refractivity contribution >= 4 is 10.1 Å². The standard InChI is InChI=1S/C11H15NO3S/c1-8-2-3-11(16(13,14)15)10(6-8)9-4-5-12-7-9/h2-3,6,9,12H,4-5,7H2,1H3,(H,13,14,15). The Morgan fingerprint density at radius 1 is 1.44 bits per heavy atom. The summed E-state index contributed by atoms with van der Waals surface area (Å²) < 4.78 is 31.7. The van der Waals surface area contributed by atoms with Crippen LogP contribution in [0, 0.1) is 6.92 Å². The fourth-order valence-electron chi connectivity index (χ4n) is 2.14. The molecule has 1 atom stereocenters. The maximum Gasteiger partial charge on any atom is 0.294 e. The van der Waals surface area contributed by atoms with Crippen LogP contribution in [0.2, 0.25) is 0 Å². The van der Waals surface area contributed by atoms with Gasteiger partial charge in [0.05, 0.1) is 4.90 Å². The van der Waals surface area contributed by atoms with Crippen LogP contribution in [0.1, 0.15) is 23.5 Å². The van der Waals surface area contributed by atoms with E-state index in [1.54, 1.807) is 6.07 Å². The van der Waals surface area contributed by atoms with E-state index in [-0.39, 0.29) is 10.8 Å². The Morgan fingerprint density at radius 3 is 2.75 bits per heavy atom. The van der Waals surface area contributed by atoms with Crippen molar-refractivity contribution < 1.29 is 13.0 Å². The Labute approximate surface area is 95.4 Å². The van der Waals surface area contributed by atoms with Gasteiger partial charge in [0.15, 0.2) is 0 Å². The van der Waals surface area contributed by atoms with Crippen LogP contribution in [0.5, 0.6) is 0 Å². The van der Waals surface area contributed by atoms with E-state index in [1.165, 1.54) is 6.07 Å². The molecule has 0 bridgehead atoms. The second-order valence-electron chi connectivity index (χ2n) is 4.21. The Bertz CT molecular complexity index is 490. The number of nitrogens with one attached hydrogen (secondary N) is 1. The first-order valence-corrected chi connectivity index (χ1v) is 6.71. The molecule has 0 aliphatic carbocycles. The zero-order valence-corrected chi connectivity index (χ0v) is 9.92. The van der Waals surface area contributed by atoms with Crippen molar-refractivity contribution in [2.45, 2.75) is 24.2 Å². The maximum absolute atomic E-state index is 11.3. The first-order chi connectivity index (χ1) is 7.48. The van der Waals surface area contributed by atoms with Crippen molar-refractivity contribution in [3.05, 3.63) is 29.3 Å². The van der Waals surface area contributed by atoms with Gasteiger partial charge in [-0.25, -0.2) is 0 Å². The summed E-state index contributed by atoms with van der Waals surface area (Å²) in [5.41, 5.74) is 1.74. The average Bonchev–Trinajstić information content (AvgIpc) is 2.68. The third-order valence-electron chi connectivity index (χ3n) is 2.94. The third-order valence-corrected chi connectivity index (χ3v) is 3.87. The number of benzene rings is 1. The van der Waals surface area contributed by atoms with Gasteiger partial charge in [-0.15, -0.1) is 0 Å². The van der Waals surface area contributed by atoms with Crippen LogP contribution >= 0.6 is 0 Å². The molecular formula is C11H15NO3S. The Morgan fingerprint density at radius 2 is 2.19 bits per heavy atom. The predicted octanol–water partition coefficient (Wildman–Crippen LogP) is 1.32. The summed E-state index contributed by atoms with van der Waals surface area (Å²) >= 11 is 0. The molecule has 0 radical (unpaired) electrons. The molecule has 16 heavy (non-hydrogen) atoms. The quantitative estimate of drug-likeness (QED) is 0.766. The molecule has 0 saturated carbocycles. The van der Waals surface area contributed by atoms with E-state index in [2.05, 4.69) is 5.32 Å². The van der Waals surface area contributed by atoms with E-state index < -0.39 is 10.1 Å². The highest BCUT2D eigenvalue weighted by Gasteiger charge is 2.24. The van der Waals surface area contributed by atoms with Crippen LogP contribution in [-0.4, -0.2) is 26.1 Å². The van der Waals surface area contributed by atoms with E-state index in [4.69, 9.17) is 0 Å². The van der Waals surface area contributed by atoms with Gasteiger partial charge in [-0.2, -0.15) is 8.42 Å². The van der Waals surface area contributed by atoms with E-state index in [0.29, 0.717) is 0 Å². The minimum Gasteiger partial charge on any atom is -0.316 e. The summed E-state index contributed by atoms with van der Waals surface area (Å²) in [6.07, 6.45) is 0.909. The zero-order valence-electron chi connectivity index (χ0n) is 9.10.